The molecule has 0 radical (unpaired) electrons. The molecule has 1 aromatic carbocycles. The number of hydrogen-bond acceptors (Lipinski definition) is 3. The summed E-state index contributed by atoms with van der Waals surface area (Å²) in [5.74, 6) is -2.22. The van der Waals surface area contributed by atoms with Crippen molar-refractivity contribution in [1.29, 1.82) is 0 Å². The Balaban J connectivity index is 3.04. The van der Waals surface area contributed by atoms with Crippen molar-refractivity contribution in [3.05, 3.63) is 28.5 Å². The van der Waals surface area contributed by atoms with Gasteiger partial charge in [0.25, 0.3) is 0 Å². The minimum absolute atomic E-state index is 0.000748. The van der Waals surface area contributed by atoms with Crippen LogP contribution in [0.5, 0.6) is 0 Å². The van der Waals surface area contributed by atoms with Crippen LogP contribution < -0.4 is 4.72 Å². The average Bonchev–Trinajstić information content (AvgIpc) is 2.37. The fourth-order valence-corrected chi connectivity index (χ4v) is 3.40. The van der Waals surface area contributed by atoms with Gasteiger partial charge in [0.2, 0.25) is 10.0 Å². The van der Waals surface area contributed by atoms with Crippen LogP contribution in [0.25, 0.3) is 0 Å². The molecule has 0 bridgehead atoms. The zero-order chi connectivity index (χ0) is 15.3. The highest BCUT2D eigenvalue weighted by Crippen LogP contribution is 2.22. The van der Waals surface area contributed by atoms with Crippen LogP contribution in [0.3, 0.4) is 0 Å². The summed E-state index contributed by atoms with van der Waals surface area (Å²) in [6, 6.07) is 2.54. The number of halogens is 2. The molecule has 0 saturated carbocycles. The molecule has 0 amide bonds. The Hall–Kier alpha value is -0.990. The molecule has 5 nitrogen and oxygen atoms in total. The highest BCUT2D eigenvalue weighted by Gasteiger charge is 2.27. The molecule has 1 atom stereocenters. The van der Waals surface area contributed by atoms with E-state index < -0.39 is 32.7 Å². The van der Waals surface area contributed by atoms with Crippen molar-refractivity contribution >= 4 is 31.9 Å². The van der Waals surface area contributed by atoms with Gasteiger partial charge in [-0.15, -0.1) is 0 Å². The molecule has 20 heavy (non-hydrogen) atoms. The van der Waals surface area contributed by atoms with E-state index in [4.69, 9.17) is 5.11 Å². The van der Waals surface area contributed by atoms with E-state index >= 15 is 0 Å². The summed E-state index contributed by atoms with van der Waals surface area (Å²) in [5, 5.41) is 9.00. The SMILES string of the molecule is CCCCC(NS(=O)(=O)c1cccc(Br)c1F)C(=O)O. The van der Waals surface area contributed by atoms with Gasteiger partial charge in [0.1, 0.15) is 10.9 Å². The Morgan fingerprint density at radius 1 is 1.50 bits per heavy atom. The highest BCUT2D eigenvalue weighted by molar-refractivity contribution is 9.10. The second-order valence-corrected chi connectivity index (χ2v) is 6.74. The van der Waals surface area contributed by atoms with E-state index in [1.807, 2.05) is 11.6 Å². The van der Waals surface area contributed by atoms with E-state index in [1.54, 1.807) is 0 Å². The number of carbonyl (C=O) groups is 1. The number of aliphatic carboxylic acids is 1. The number of rotatable bonds is 7. The van der Waals surface area contributed by atoms with Crippen molar-refractivity contribution in [2.45, 2.75) is 37.1 Å². The van der Waals surface area contributed by atoms with Crippen molar-refractivity contribution in [3.8, 4) is 0 Å². The third-order valence-corrected chi connectivity index (χ3v) is 4.75. The lowest BCUT2D eigenvalue weighted by Crippen LogP contribution is -2.40. The number of carboxylic acid groups (broad SMARTS) is 1. The van der Waals surface area contributed by atoms with Crippen LogP contribution in [0.4, 0.5) is 4.39 Å². The summed E-state index contributed by atoms with van der Waals surface area (Å²) < 4.78 is 39.9. The first-order valence-electron chi connectivity index (χ1n) is 5.98. The third kappa shape index (κ3) is 4.26. The fraction of sp³-hybridized carbons (Fsp3) is 0.417. The first kappa shape index (κ1) is 17.1. The third-order valence-electron chi connectivity index (χ3n) is 2.65. The summed E-state index contributed by atoms with van der Waals surface area (Å²) in [4.78, 5) is 10.5. The molecule has 0 spiro atoms. The summed E-state index contributed by atoms with van der Waals surface area (Å²) in [7, 11) is -4.22. The normalized spacial score (nSPS) is 13.2. The standard InChI is InChI=1S/C12H15BrFNO4S/c1-2-3-6-9(12(16)17)15-20(18,19)10-7-4-5-8(13)11(10)14/h4-5,7,9,15H,2-3,6H2,1H3,(H,16,17). The summed E-state index contributed by atoms with van der Waals surface area (Å²) in [6.45, 7) is 1.86. The van der Waals surface area contributed by atoms with Crippen molar-refractivity contribution in [2.75, 3.05) is 0 Å². The Morgan fingerprint density at radius 2 is 2.15 bits per heavy atom. The molecule has 0 fully saturated rings. The first-order valence-corrected chi connectivity index (χ1v) is 8.26. The van der Waals surface area contributed by atoms with Gasteiger partial charge in [-0.1, -0.05) is 25.8 Å². The van der Waals surface area contributed by atoms with Gasteiger partial charge < -0.3 is 5.11 Å². The van der Waals surface area contributed by atoms with Crippen molar-refractivity contribution in [3.63, 3.8) is 0 Å². The molecule has 1 aromatic rings. The zero-order valence-electron chi connectivity index (χ0n) is 10.8. The van der Waals surface area contributed by atoms with Gasteiger partial charge in [-0.05, 0) is 34.5 Å². The van der Waals surface area contributed by atoms with Crippen LogP contribution >= 0.6 is 15.9 Å². The lowest BCUT2D eigenvalue weighted by molar-refractivity contribution is -0.139. The minimum Gasteiger partial charge on any atom is -0.480 e. The van der Waals surface area contributed by atoms with Crippen molar-refractivity contribution in [2.24, 2.45) is 0 Å². The maximum absolute atomic E-state index is 13.8. The monoisotopic (exact) mass is 367 g/mol. The van der Waals surface area contributed by atoms with Gasteiger partial charge >= 0.3 is 5.97 Å². The van der Waals surface area contributed by atoms with Crippen LogP contribution in [0.1, 0.15) is 26.2 Å². The Labute approximate surface area is 125 Å². The predicted octanol–water partition coefficient (Wildman–Crippen LogP) is 2.51. The summed E-state index contributed by atoms with van der Waals surface area (Å²) in [5.41, 5.74) is 0. The lowest BCUT2D eigenvalue weighted by atomic mass is 10.1. The minimum atomic E-state index is -4.22. The van der Waals surface area contributed by atoms with Gasteiger partial charge in [0.05, 0.1) is 4.47 Å². The smallest absolute Gasteiger partial charge is 0.321 e. The second kappa shape index (κ2) is 7.14. The van der Waals surface area contributed by atoms with Gasteiger partial charge in [0, 0.05) is 0 Å². The van der Waals surface area contributed by atoms with Crippen molar-refractivity contribution < 1.29 is 22.7 Å². The van der Waals surface area contributed by atoms with Gasteiger partial charge in [-0.3, -0.25) is 4.79 Å². The maximum atomic E-state index is 13.8. The first-order chi connectivity index (χ1) is 9.29. The highest BCUT2D eigenvalue weighted by atomic mass is 79.9. The predicted molar refractivity (Wildman–Crippen MR) is 75.4 cm³/mol. The quantitative estimate of drug-likeness (QED) is 0.775. The molecule has 0 saturated heterocycles. The van der Waals surface area contributed by atoms with E-state index in [1.165, 1.54) is 12.1 Å². The van der Waals surface area contributed by atoms with Crippen LogP contribution in [0.2, 0.25) is 0 Å². The van der Waals surface area contributed by atoms with Gasteiger partial charge in [-0.2, -0.15) is 4.72 Å². The van der Waals surface area contributed by atoms with Crippen LogP contribution in [0.15, 0.2) is 27.6 Å². The number of carboxylic acids is 1. The number of benzene rings is 1. The van der Waals surface area contributed by atoms with Gasteiger partial charge in [0.15, 0.2) is 5.82 Å². The Morgan fingerprint density at radius 3 is 2.70 bits per heavy atom. The largest absolute Gasteiger partial charge is 0.480 e. The molecular weight excluding hydrogens is 353 g/mol. The van der Waals surface area contributed by atoms with E-state index in [2.05, 4.69) is 15.9 Å². The van der Waals surface area contributed by atoms with Gasteiger partial charge in [-0.25, -0.2) is 12.8 Å². The lowest BCUT2D eigenvalue weighted by Gasteiger charge is -2.15. The molecule has 112 valence electrons. The molecule has 1 unspecified atom stereocenters. The van der Waals surface area contributed by atoms with Crippen LogP contribution in [-0.2, 0) is 14.8 Å². The summed E-state index contributed by atoms with van der Waals surface area (Å²) in [6.07, 6.45) is 1.44. The average molecular weight is 368 g/mol. The Kier molecular flexibility index (Phi) is 6.09. The van der Waals surface area contributed by atoms with Crippen LogP contribution in [-0.4, -0.2) is 25.5 Å². The van der Waals surface area contributed by atoms with Crippen molar-refractivity contribution in [1.82, 2.24) is 4.72 Å². The van der Waals surface area contributed by atoms with Crippen LogP contribution in [0, 0.1) is 5.82 Å². The molecule has 8 heteroatoms. The number of sulfonamides is 1. The van der Waals surface area contributed by atoms with E-state index in [0.29, 0.717) is 6.42 Å². The topological polar surface area (TPSA) is 83.5 Å². The molecular formula is C12H15BrFNO4S. The van der Waals surface area contributed by atoms with E-state index in [-0.39, 0.29) is 10.9 Å². The van der Waals surface area contributed by atoms with E-state index in [0.717, 1.165) is 12.5 Å². The number of nitrogens with one attached hydrogen (secondary N) is 1. The molecule has 0 aliphatic carbocycles. The molecule has 0 heterocycles. The zero-order valence-corrected chi connectivity index (χ0v) is 13.2. The van der Waals surface area contributed by atoms with E-state index in [9.17, 15) is 17.6 Å². The fourth-order valence-electron chi connectivity index (χ4n) is 1.58. The molecule has 0 aliphatic rings. The Bertz CT molecular complexity index is 591. The molecule has 1 rings (SSSR count). The molecule has 0 aromatic heterocycles. The second-order valence-electron chi connectivity index (χ2n) is 4.21. The number of unbranched alkanes of at least 4 members (excludes halogenated alkanes) is 1. The summed E-state index contributed by atoms with van der Waals surface area (Å²) >= 11 is 2.89. The number of hydrogen-bond donors (Lipinski definition) is 2. The molecule has 2 N–H and O–H groups in total. The maximum Gasteiger partial charge on any atom is 0.321 e. The molecule has 0 aliphatic heterocycles.